The van der Waals surface area contributed by atoms with Crippen molar-refractivity contribution in [1.29, 1.82) is 0 Å². The highest BCUT2D eigenvalue weighted by Gasteiger charge is 2.39. The maximum Gasteiger partial charge on any atom is 0.270 e. The van der Waals surface area contributed by atoms with Gasteiger partial charge in [0, 0.05) is 0 Å². The molecule has 109 valence electrons. The van der Waals surface area contributed by atoms with Crippen LogP contribution in [0.15, 0.2) is 0 Å². The van der Waals surface area contributed by atoms with Crippen molar-refractivity contribution < 1.29 is 38.9 Å². The summed E-state index contributed by atoms with van der Waals surface area (Å²) in [4.78, 5) is 0. The van der Waals surface area contributed by atoms with Crippen molar-refractivity contribution in [3.8, 4) is 0 Å². The van der Waals surface area contributed by atoms with Crippen LogP contribution < -0.4 is 0 Å². The van der Waals surface area contributed by atoms with E-state index in [0.29, 0.717) is 0 Å². The monoisotopic (exact) mass is 325 g/mol. The van der Waals surface area contributed by atoms with Gasteiger partial charge < -0.3 is 0 Å². The molecular weight excluding hydrogens is 312 g/mol. The van der Waals surface area contributed by atoms with Gasteiger partial charge in [0.05, 0.1) is 16.3 Å². The van der Waals surface area contributed by atoms with Gasteiger partial charge in [-0.15, -0.1) is 0 Å². The van der Waals surface area contributed by atoms with E-state index in [1.54, 1.807) is 0 Å². The molecule has 0 saturated carbocycles. The van der Waals surface area contributed by atoms with Crippen LogP contribution in [0.25, 0.3) is 0 Å². The van der Waals surface area contributed by atoms with E-state index < -0.39 is 59.4 Å². The lowest BCUT2D eigenvalue weighted by Gasteiger charge is -2.24. The zero-order valence-electron chi connectivity index (χ0n) is 9.05. The van der Waals surface area contributed by atoms with Crippen LogP contribution in [0.2, 0.25) is 0 Å². The molecule has 0 aliphatic heterocycles. The third-order valence-electron chi connectivity index (χ3n) is 2.18. The fourth-order valence-corrected chi connectivity index (χ4v) is 3.29. The Kier molecular flexibility index (Phi) is 5.30. The molecule has 0 aliphatic carbocycles. The highest BCUT2D eigenvalue weighted by atomic mass is 32.2. The predicted molar refractivity (Wildman–Crippen MR) is 61.7 cm³/mol. The Morgan fingerprint density at radius 1 is 0.778 bits per heavy atom. The minimum Gasteiger partial charge on any atom is -0.286 e. The number of rotatable bonds is 7. The fraction of sp³-hybridized carbons (Fsp3) is 0.833. The van der Waals surface area contributed by atoms with Gasteiger partial charge in [-0.2, -0.15) is 25.3 Å². The molecule has 0 aliphatic rings. The van der Waals surface area contributed by atoms with Crippen LogP contribution in [0.5, 0.6) is 0 Å². The van der Waals surface area contributed by atoms with Crippen LogP contribution in [0.3, 0.4) is 0 Å². The van der Waals surface area contributed by atoms with Gasteiger partial charge in [0.25, 0.3) is 30.4 Å². The van der Waals surface area contributed by atoms with E-state index in [9.17, 15) is 25.3 Å². The van der Waals surface area contributed by atoms with Crippen molar-refractivity contribution in [2.75, 3.05) is 11.5 Å². The maximum absolute atomic E-state index is 11.0. The van der Waals surface area contributed by atoms with E-state index in [1.807, 2.05) is 0 Å². The first kappa shape index (κ1) is 17.7. The van der Waals surface area contributed by atoms with E-state index in [4.69, 9.17) is 13.7 Å². The van der Waals surface area contributed by atoms with Crippen molar-refractivity contribution in [2.45, 2.75) is 17.6 Å². The molecule has 3 N–H and O–H groups in total. The molecular formula is C6H13O9S3. The second kappa shape index (κ2) is 5.38. The van der Waals surface area contributed by atoms with Crippen LogP contribution in [-0.2, 0) is 30.4 Å². The van der Waals surface area contributed by atoms with E-state index in [-0.39, 0.29) is 0 Å². The summed E-state index contributed by atoms with van der Waals surface area (Å²) in [5.74, 6) is -2.05. The molecule has 18 heavy (non-hydrogen) atoms. The van der Waals surface area contributed by atoms with Gasteiger partial charge in [-0.25, -0.2) is 0 Å². The van der Waals surface area contributed by atoms with E-state index in [1.165, 1.54) is 0 Å². The second-order valence-electron chi connectivity index (χ2n) is 3.73. The van der Waals surface area contributed by atoms with E-state index >= 15 is 0 Å². The summed E-state index contributed by atoms with van der Waals surface area (Å²) in [5, 5.41) is 0. The van der Waals surface area contributed by atoms with Crippen LogP contribution in [0, 0.1) is 6.92 Å². The van der Waals surface area contributed by atoms with E-state index in [2.05, 4.69) is 6.92 Å². The van der Waals surface area contributed by atoms with Gasteiger partial charge >= 0.3 is 0 Å². The molecule has 0 rings (SSSR count). The third-order valence-corrected chi connectivity index (χ3v) is 5.12. The summed E-state index contributed by atoms with van der Waals surface area (Å²) >= 11 is 0. The van der Waals surface area contributed by atoms with Gasteiger partial charge in [0.2, 0.25) is 0 Å². The minimum atomic E-state index is -4.87. The summed E-state index contributed by atoms with van der Waals surface area (Å²) in [7, 11) is -13.9. The van der Waals surface area contributed by atoms with Gasteiger partial charge in [-0.05, 0) is 19.8 Å². The Labute approximate surface area is 105 Å². The SMILES string of the molecule is [CH2]C(CCS(=O)(=O)O)(CCS(=O)(=O)O)S(=O)(=O)O. The van der Waals surface area contributed by atoms with Gasteiger partial charge in [-0.1, -0.05) is 0 Å². The standard InChI is InChI=1S/C6H13O9S3/c1-6(18(13,14)15,2-4-16(7,8)9)3-5-17(10,11)12/h1-5H2,(H,7,8,9)(H,10,11,12)(H,13,14,15). The Morgan fingerprint density at radius 2 is 1.06 bits per heavy atom. The van der Waals surface area contributed by atoms with Crippen molar-refractivity contribution >= 4 is 30.4 Å². The molecule has 0 aromatic heterocycles. The van der Waals surface area contributed by atoms with E-state index in [0.717, 1.165) is 0 Å². The first-order valence-corrected chi connectivity index (χ1v) is 9.05. The highest BCUT2D eigenvalue weighted by Crippen LogP contribution is 2.25. The molecule has 0 heterocycles. The number of hydrogen-bond donors (Lipinski definition) is 3. The minimum absolute atomic E-state index is 0.819. The van der Waals surface area contributed by atoms with Gasteiger partial charge in [0.15, 0.2) is 0 Å². The molecule has 0 spiro atoms. The van der Waals surface area contributed by atoms with Crippen molar-refractivity contribution in [3.05, 3.63) is 6.92 Å². The fourth-order valence-electron chi connectivity index (χ4n) is 1.01. The summed E-state index contributed by atoms with van der Waals surface area (Å²) in [6.07, 6.45) is -1.64. The Hall–Kier alpha value is -0.270. The first-order chi connectivity index (χ1) is 7.66. The average molecular weight is 325 g/mol. The molecule has 0 aromatic carbocycles. The second-order valence-corrected chi connectivity index (χ2v) is 8.69. The van der Waals surface area contributed by atoms with Crippen molar-refractivity contribution in [1.82, 2.24) is 0 Å². The topological polar surface area (TPSA) is 163 Å². The van der Waals surface area contributed by atoms with Crippen molar-refractivity contribution in [3.63, 3.8) is 0 Å². The molecule has 0 fully saturated rings. The molecule has 1 radical (unpaired) electrons. The van der Waals surface area contributed by atoms with Crippen molar-refractivity contribution in [2.24, 2.45) is 0 Å². The smallest absolute Gasteiger partial charge is 0.270 e. The Bertz CT molecular complexity index is 546. The molecule has 0 saturated heterocycles. The van der Waals surface area contributed by atoms with Crippen LogP contribution in [0.1, 0.15) is 12.8 Å². The maximum atomic E-state index is 11.0. The molecule has 12 heteroatoms. The van der Waals surface area contributed by atoms with Gasteiger partial charge in [0.1, 0.15) is 0 Å². The van der Waals surface area contributed by atoms with Crippen LogP contribution >= 0.6 is 0 Å². The summed E-state index contributed by atoms with van der Waals surface area (Å²) < 4.78 is 87.5. The Morgan fingerprint density at radius 3 is 1.22 bits per heavy atom. The Balaban J connectivity index is 5.10. The third kappa shape index (κ3) is 6.61. The molecule has 0 unspecified atom stereocenters. The van der Waals surface area contributed by atoms with Gasteiger partial charge in [-0.3, -0.25) is 13.7 Å². The first-order valence-electron chi connectivity index (χ1n) is 4.39. The molecule has 0 bridgehead atoms. The molecule has 0 atom stereocenters. The molecule has 0 aromatic rings. The highest BCUT2D eigenvalue weighted by molar-refractivity contribution is 7.88. The predicted octanol–water partition coefficient (Wildman–Crippen LogP) is -0.997. The number of hydrogen-bond acceptors (Lipinski definition) is 6. The summed E-state index contributed by atoms with van der Waals surface area (Å²) in [5.41, 5.74) is 0. The summed E-state index contributed by atoms with van der Waals surface area (Å²) in [6.45, 7) is 3.06. The molecule has 9 nitrogen and oxygen atoms in total. The zero-order valence-corrected chi connectivity index (χ0v) is 11.5. The van der Waals surface area contributed by atoms with Crippen LogP contribution in [0.4, 0.5) is 0 Å². The lowest BCUT2D eigenvalue weighted by Crippen LogP contribution is -2.39. The largest absolute Gasteiger partial charge is 0.286 e. The van der Waals surface area contributed by atoms with Crippen LogP contribution in [-0.4, -0.2) is 55.2 Å². The normalized spacial score (nSPS) is 14.7. The quantitative estimate of drug-likeness (QED) is 0.498. The average Bonchev–Trinajstić information content (AvgIpc) is 2.07. The lowest BCUT2D eigenvalue weighted by molar-refractivity contribution is 0.427. The summed E-state index contributed by atoms with van der Waals surface area (Å²) in [6, 6.07) is 0. The lowest BCUT2D eigenvalue weighted by atomic mass is 10.1. The molecule has 0 amide bonds. The zero-order chi connectivity index (χ0) is 14.8.